The first-order valence-corrected chi connectivity index (χ1v) is 8.42. The highest BCUT2D eigenvalue weighted by atomic mass is 32.2. The van der Waals surface area contributed by atoms with E-state index in [0.29, 0.717) is 0 Å². The summed E-state index contributed by atoms with van der Waals surface area (Å²) >= 11 is 0. The van der Waals surface area contributed by atoms with Crippen LogP contribution in [0.3, 0.4) is 0 Å². The van der Waals surface area contributed by atoms with Gasteiger partial charge in [0.1, 0.15) is 22.9 Å². The van der Waals surface area contributed by atoms with Crippen LogP contribution < -0.4 is 0 Å². The summed E-state index contributed by atoms with van der Waals surface area (Å²) in [6, 6.07) is 3.17. The van der Waals surface area contributed by atoms with Crippen molar-refractivity contribution in [2.45, 2.75) is 17.8 Å². The van der Waals surface area contributed by atoms with Gasteiger partial charge in [0, 0.05) is 18.7 Å². The average molecular weight is 344 g/mol. The molecule has 23 heavy (non-hydrogen) atoms. The number of sulfonamides is 1. The highest BCUT2D eigenvalue weighted by Gasteiger charge is 2.44. The molecule has 2 heterocycles. The molecule has 1 aromatic carbocycles. The van der Waals surface area contributed by atoms with E-state index in [9.17, 15) is 22.3 Å². The second kappa shape index (κ2) is 5.62. The number of benzene rings is 1. The van der Waals surface area contributed by atoms with Crippen molar-refractivity contribution >= 4 is 10.0 Å². The molecule has 0 spiro atoms. The normalized spacial score (nSPS) is 22.6. The molecule has 1 saturated heterocycles. The zero-order valence-electron chi connectivity index (χ0n) is 11.9. The number of nitrogens with zero attached hydrogens (tertiary/aromatic N) is 3. The SMILES string of the molecule is O=S(=O)(Cc1c(F)cccc1F)N1CCC(O)(c2cn[nH]n2)C1. The van der Waals surface area contributed by atoms with Gasteiger partial charge >= 0.3 is 0 Å². The van der Waals surface area contributed by atoms with Crippen LogP contribution in [0.2, 0.25) is 0 Å². The predicted molar refractivity (Wildman–Crippen MR) is 75.5 cm³/mol. The Balaban J connectivity index is 1.82. The van der Waals surface area contributed by atoms with Gasteiger partial charge in [0.25, 0.3) is 0 Å². The molecule has 1 unspecified atom stereocenters. The zero-order valence-corrected chi connectivity index (χ0v) is 12.7. The van der Waals surface area contributed by atoms with Crippen LogP contribution in [-0.2, 0) is 21.4 Å². The number of aromatic nitrogens is 3. The van der Waals surface area contributed by atoms with E-state index in [4.69, 9.17) is 0 Å². The van der Waals surface area contributed by atoms with Crippen molar-refractivity contribution in [1.29, 1.82) is 0 Å². The van der Waals surface area contributed by atoms with Gasteiger partial charge in [0.05, 0.1) is 11.9 Å². The summed E-state index contributed by atoms with van der Waals surface area (Å²) in [4.78, 5) is 0. The summed E-state index contributed by atoms with van der Waals surface area (Å²) in [6.45, 7) is -0.209. The van der Waals surface area contributed by atoms with Crippen molar-refractivity contribution in [3.05, 3.63) is 47.3 Å². The summed E-state index contributed by atoms with van der Waals surface area (Å²) < 4.78 is 53.1. The van der Waals surface area contributed by atoms with E-state index < -0.39 is 38.6 Å². The fourth-order valence-electron chi connectivity index (χ4n) is 2.58. The van der Waals surface area contributed by atoms with Crippen molar-refractivity contribution in [2.75, 3.05) is 13.1 Å². The Labute approximate surface area is 131 Å². The van der Waals surface area contributed by atoms with Gasteiger partial charge in [-0.05, 0) is 18.6 Å². The monoisotopic (exact) mass is 344 g/mol. The van der Waals surface area contributed by atoms with E-state index in [0.717, 1.165) is 16.4 Å². The predicted octanol–water partition coefficient (Wildman–Crippen LogP) is 0.506. The maximum Gasteiger partial charge on any atom is 0.218 e. The van der Waals surface area contributed by atoms with Gasteiger partial charge in [-0.15, -0.1) is 0 Å². The van der Waals surface area contributed by atoms with Crippen molar-refractivity contribution < 1.29 is 22.3 Å². The van der Waals surface area contributed by atoms with E-state index in [1.165, 1.54) is 12.3 Å². The van der Waals surface area contributed by atoms with Crippen molar-refractivity contribution in [2.24, 2.45) is 0 Å². The molecule has 0 radical (unpaired) electrons. The molecule has 1 aromatic heterocycles. The Morgan fingerprint density at radius 3 is 2.65 bits per heavy atom. The third kappa shape index (κ3) is 2.96. The molecular formula is C13H14F2N4O3S. The van der Waals surface area contributed by atoms with Crippen LogP contribution >= 0.6 is 0 Å². The first-order valence-electron chi connectivity index (χ1n) is 6.81. The third-order valence-electron chi connectivity index (χ3n) is 3.89. The van der Waals surface area contributed by atoms with Gasteiger partial charge in [0.15, 0.2) is 0 Å². The molecule has 2 N–H and O–H groups in total. The number of aromatic amines is 1. The van der Waals surface area contributed by atoms with Crippen molar-refractivity contribution in [3.8, 4) is 0 Å². The number of nitrogens with one attached hydrogen (secondary N) is 1. The second-order valence-corrected chi connectivity index (χ2v) is 7.40. The van der Waals surface area contributed by atoms with Crippen LogP contribution in [0.5, 0.6) is 0 Å². The number of H-pyrrole nitrogens is 1. The zero-order chi connectivity index (χ0) is 16.7. The second-order valence-electron chi connectivity index (χ2n) is 5.43. The van der Waals surface area contributed by atoms with E-state index >= 15 is 0 Å². The minimum Gasteiger partial charge on any atom is -0.382 e. The van der Waals surface area contributed by atoms with Crippen molar-refractivity contribution in [3.63, 3.8) is 0 Å². The van der Waals surface area contributed by atoms with E-state index in [2.05, 4.69) is 15.4 Å². The summed E-state index contributed by atoms with van der Waals surface area (Å²) in [5.74, 6) is -2.64. The highest BCUT2D eigenvalue weighted by molar-refractivity contribution is 7.88. The Kier molecular flexibility index (Phi) is 3.90. The maximum absolute atomic E-state index is 13.6. The summed E-state index contributed by atoms with van der Waals surface area (Å²) in [5, 5.41) is 20.2. The van der Waals surface area contributed by atoms with Gasteiger partial charge < -0.3 is 5.11 Å². The number of β-amino-alcohol motifs (C(OH)–C–C–N with tert-alkyl or cyclic N) is 1. The van der Waals surface area contributed by atoms with Crippen LogP contribution in [0, 0.1) is 11.6 Å². The lowest BCUT2D eigenvalue weighted by Crippen LogP contribution is -2.35. The Hall–Kier alpha value is -1.91. The number of hydrogen-bond acceptors (Lipinski definition) is 5. The molecule has 1 aliphatic rings. The number of aliphatic hydroxyl groups is 1. The summed E-state index contributed by atoms with van der Waals surface area (Å²) in [6.07, 6.45) is 1.44. The molecule has 10 heteroatoms. The molecule has 1 aliphatic heterocycles. The first-order chi connectivity index (χ1) is 10.8. The molecular weight excluding hydrogens is 330 g/mol. The van der Waals surface area contributed by atoms with Gasteiger partial charge in [-0.1, -0.05) is 6.07 Å². The molecule has 7 nitrogen and oxygen atoms in total. The van der Waals surface area contributed by atoms with Gasteiger partial charge in [0.2, 0.25) is 10.0 Å². The van der Waals surface area contributed by atoms with E-state index in [1.54, 1.807) is 0 Å². The maximum atomic E-state index is 13.6. The lowest BCUT2D eigenvalue weighted by molar-refractivity contribution is 0.0484. The molecule has 2 aromatic rings. The Morgan fingerprint density at radius 2 is 2.04 bits per heavy atom. The quantitative estimate of drug-likeness (QED) is 0.842. The highest BCUT2D eigenvalue weighted by Crippen LogP contribution is 2.32. The molecule has 0 aliphatic carbocycles. The van der Waals surface area contributed by atoms with Crippen molar-refractivity contribution in [1.82, 2.24) is 19.7 Å². The smallest absolute Gasteiger partial charge is 0.218 e. The molecule has 0 saturated carbocycles. The van der Waals surface area contributed by atoms with Crippen LogP contribution in [0.25, 0.3) is 0 Å². The van der Waals surface area contributed by atoms with Gasteiger partial charge in [-0.25, -0.2) is 17.2 Å². The number of rotatable bonds is 4. The minimum absolute atomic E-state index is 0.0295. The summed E-state index contributed by atoms with van der Waals surface area (Å²) in [7, 11) is -3.99. The molecule has 124 valence electrons. The fourth-order valence-corrected chi connectivity index (χ4v) is 4.18. The topological polar surface area (TPSA) is 99.2 Å². The molecule has 1 atom stereocenters. The molecule has 1 fully saturated rings. The third-order valence-corrected chi connectivity index (χ3v) is 5.64. The lowest BCUT2D eigenvalue weighted by Gasteiger charge is -2.21. The average Bonchev–Trinajstić information content (AvgIpc) is 3.13. The first kappa shape index (κ1) is 16.0. The largest absolute Gasteiger partial charge is 0.382 e. The lowest BCUT2D eigenvalue weighted by atomic mass is 10.0. The van der Waals surface area contributed by atoms with Crippen LogP contribution in [-0.4, -0.2) is 46.3 Å². The fraction of sp³-hybridized carbons (Fsp3) is 0.385. The van der Waals surface area contributed by atoms with E-state index in [-0.39, 0.29) is 25.2 Å². The Bertz CT molecular complexity index is 792. The number of halogens is 2. The number of hydrogen-bond donors (Lipinski definition) is 2. The molecule has 0 bridgehead atoms. The van der Waals surface area contributed by atoms with Crippen LogP contribution in [0.1, 0.15) is 17.7 Å². The molecule has 3 rings (SSSR count). The van der Waals surface area contributed by atoms with Gasteiger partial charge in [-0.3, -0.25) is 0 Å². The van der Waals surface area contributed by atoms with E-state index in [1.807, 2.05) is 0 Å². The Morgan fingerprint density at radius 1 is 1.35 bits per heavy atom. The standard InChI is InChI=1S/C13H14F2N4O3S/c14-10-2-1-3-11(15)9(10)7-23(21,22)19-5-4-13(20,8-19)12-6-16-18-17-12/h1-3,6,20H,4-5,7-8H2,(H,16,17,18). The van der Waals surface area contributed by atoms with Crippen LogP contribution in [0.4, 0.5) is 8.78 Å². The van der Waals surface area contributed by atoms with Gasteiger partial charge in [-0.2, -0.15) is 19.7 Å². The van der Waals surface area contributed by atoms with Crippen LogP contribution in [0.15, 0.2) is 24.4 Å². The molecule has 0 amide bonds. The summed E-state index contributed by atoms with van der Waals surface area (Å²) in [5.41, 5.74) is -1.75. The minimum atomic E-state index is -3.99.